The predicted molar refractivity (Wildman–Crippen MR) is 159 cm³/mol. The molecule has 1 N–H and O–H groups in total. The summed E-state index contributed by atoms with van der Waals surface area (Å²) in [5, 5.41) is 3.02. The zero-order chi connectivity index (χ0) is 29.6. The monoisotopic (exact) mass is 684 g/mol. The van der Waals surface area contributed by atoms with Gasteiger partial charge in [-0.3, -0.25) is 14.4 Å². The molecule has 220 valence electrons. The molecular formula is C28H31BrCl2N4O5S. The standard InChI is InChI=1S/C28H31BrCl2N4O5S/c1-16(2)33-15-25-34(41(39,40)24-11-10-20(30)13-21(24)31)14-22(32-26(36)18-4-3-5-18)27(37)35(25)23(28(33)38)12-17-6-8-19(29)9-7-17/h6-11,13,16,18,22-23,25H,3-5,12,14-15H2,1-2H3,(H,32,36). The molecule has 0 spiro atoms. The van der Waals surface area contributed by atoms with Crippen LogP contribution in [0, 0.1) is 5.92 Å². The Morgan fingerprint density at radius 1 is 1.05 bits per heavy atom. The fourth-order valence-electron chi connectivity index (χ4n) is 5.59. The van der Waals surface area contributed by atoms with Gasteiger partial charge in [-0.1, -0.05) is 57.7 Å². The Kier molecular flexibility index (Phi) is 8.74. The molecule has 0 bridgehead atoms. The number of hydrogen-bond acceptors (Lipinski definition) is 5. The van der Waals surface area contributed by atoms with Crippen molar-refractivity contribution >= 4 is 66.9 Å². The zero-order valence-electron chi connectivity index (χ0n) is 22.6. The molecule has 3 unspecified atom stereocenters. The van der Waals surface area contributed by atoms with Crippen LogP contribution in [-0.2, 0) is 30.8 Å². The molecule has 2 aliphatic heterocycles. The third-order valence-electron chi connectivity index (χ3n) is 8.07. The van der Waals surface area contributed by atoms with Crippen LogP contribution in [0.5, 0.6) is 0 Å². The number of halogens is 3. The molecule has 2 aromatic rings. The third kappa shape index (κ3) is 5.88. The number of benzene rings is 2. The van der Waals surface area contributed by atoms with Gasteiger partial charge in [0.25, 0.3) is 0 Å². The molecular weight excluding hydrogens is 655 g/mol. The number of fused-ring (bicyclic) bond motifs is 1. The van der Waals surface area contributed by atoms with Crippen LogP contribution in [0.15, 0.2) is 51.8 Å². The van der Waals surface area contributed by atoms with Gasteiger partial charge in [0.2, 0.25) is 27.7 Å². The molecule has 41 heavy (non-hydrogen) atoms. The Labute approximate surface area is 258 Å². The van der Waals surface area contributed by atoms with Gasteiger partial charge in [0.1, 0.15) is 23.1 Å². The van der Waals surface area contributed by atoms with Gasteiger partial charge in [0, 0.05) is 34.4 Å². The number of carbonyl (C=O) groups is 3. The van der Waals surface area contributed by atoms with E-state index in [0.29, 0.717) is 0 Å². The summed E-state index contributed by atoms with van der Waals surface area (Å²) in [6.45, 7) is 3.40. The summed E-state index contributed by atoms with van der Waals surface area (Å²) in [6.07, 6.45) is 1.54. The van der Waals surface area contributed by atoms with Crippen molar-refractivity contribution in [3.8, 4) is 0 Å². The summed E-state index contributed by atoms with van der Waals surface area (Å²) in [5.41, 5.74) is 0.805. The van der Waals surface area contributed by atoms with E-state index in [9.17, 15) is 22.8 Å². The Morgan fingerprint density at radius 2 is 1.73 bits per heavy atom. The molecule has 9 nitrogen and oxygen atoms in total. The smallest absolute Gasteiger partial charge is 0.248 e. The molecule has 3 aliphatic rings. The van der Waals surface area contributed by atoms with Crippen LogP contribution >= 0.6 is 39.1 Å². The second-order valence-electron chi connectivity index (χ2n) is 11.0. The maximum absolute atomic E-state index is 14.2. The molecule has 0 radical (unpaired) electrons. The molecule has 0 aromatic heterocycles. The Hall–Kier alpha value is -2.18. The van der Waals surface area contributed by atoms with Gasteiger partial charge in [0.05, 0.1) is 11.6 Å². The van der Waals surface area contributed by atoms with Crippen LogP contribution < -0.4 is 5.32 Å². The molecule has 2 saturated heterocycles. The molecule has 2 aromatic carbocycles. The second-order valence-corrected chi connectivity index (χ2v) is 14.6. The lowest BCUT2D eigenvalue weighted by molar-refractivity contribution is -0.169. The van der Waals surface area contributed by atoms with Crippen molar-refractivity contribution in [1.29, 1.82) is 0 Å². The predicted octanol–water partition coefficient (Wildman–Crippen LogP) is 4.06. The first-order valence-electron chi connectivity index (χ1n) is 13.5. The first kappa shape index (κ1) is 30.3. The van der Waals surface area contributed by atoms with Crippen molar-refractivity contribution in [2.24, 2.45) is 5.92 Å². The summed E-state index contributed by atoms with van der Waals surface area (Å²) in [6, 6.07) is 9.13. The highest BCUT2D eigenvalue weighted by Crippen LogP contribution is 2.35. The highest BCUT2D eigenvalue weighted by Gasteiger charge is 2.54. The summed E-state index contributed by atoms with van der Waals surface area (Å²) >= 11 is 15.8. The molecule has 3 fully saturated rings. The molecule has 3 atom stereocenters. The fraction of sp³-hybridized carbons (Fsp3) is 0.464. The fourth-order valence-corrected chi connectivity index (χ4v) is 8.19. The number of nitrogens with one attached hydrogen (secondary N) is 1. The molecule has 3 amide bonds. The van der Waals surface area contributed by atoms with Crippen LogP contribution in [0.3, 0.4) is 0 Å². The second kappa shape index (κ2) is 11.8. The van der Waals surface area contributed by atoms with Crippen LogP contribution in [0.1, 0.15) is 38.7 Å². The number of sulfonamides is 1. The van der Waals surface area contributed by atoms with E-state index in [1.807, 2.05) is 38.1 Å². The molecule has 1 saturated carbocycles. The number of amides is 3. The van der Waals surface area contributed by atoms with E-state index in [4.69, 9.17) is 23.2 Å². The Morgan fingerprint density at radius 3 is 2.32 bits per heavy atom. The van der Waals surface area contributed by atoms with Crippen molar-refractivity contribution in [3.05, 3.63) is 62.5 Å². The topological polar surface area (TPSA) is 107 Å². The zero-order valence-corrected chi connectivity index (χ0v) is 26.5. The summed E-state index contributed by atoms with van der Waals surface area (Å²) < 4.78 is 30.5. The lowest BCUT2D eigenvalue weighted by Gasteiger charge is -2.54. The molecule has 5 rings (SSSR count). The van der Waals surface area contributed by atoms with Crippen LogP contribution in [0.2, 0.25) is 10.0 Å². The largest absolute Gasteiger partial charge is 0.343 e. The maximum Gasteiger partial charge on any atom is 0.248 e. The quantitative estimate of drug-likeness (QED) is 0.473. The first-order chi connectivity index (χ1) is 19.4. The van der Waals surface area contributed by atoms with Gasteiger partial charge >= 0.3 is 0 Å². The van der Waals surface area contributed by atoms with Crippen molar-refractivity contribution in [1.82, 2.24) is 19.4 Å². The average molecular weight is 686 g/mol. The van der Waals surface area contributed by atoms with Crippen molar-refractivity contribution < 1.29 is 22.8 Å². The summed E-state index contributed by atoms with van der Waals surface area (Å²) in [5.74, 6) is -1.25. The third-order valence-corrected chi connectivity index (χ3v) is 11.2. The number of hydrogen-bond donors (Lipinski definition) is 1. The van der Waals surface area contributed by atoms with E-state index in [-0.39, 0.29) is 58.2 Å². The number of rotatable bonds is 7. The van der Waals surface area contributed by atoms with E-state index in [2.05, 4.69) is 21.2 Å². The van der Waals surface area contributed by atoms with E-state index in [1.54, 1.807) is 4.90 Å². The average Bonchev–Trinajstić information content (AvgIpc) is 2.86. The Balaban J connectivity index is 1.59. The maximum atomic E-state index is 14.2. The summed E-state index contributed by atoms with van der Waals surface area (Å²) in [4.78, 5) is 43.7. The first-order valence-corrected chi connectivity index (χ1v) is 16.5. The van der Waals surface area contributed by atoms with Crippen LogP contribution in [0.25, 0.3) is 0 Å². The van der Waals surface area contributed by atoms with Crippen molar-refractivity contribution in [2.45, 2.75) is 68.7 Å². The number of piperazine rings is 1. The van der Waals surface area contributed by atoms with Gasteiger partial charge in [0.15, 0.2) is 0 Å². The molecule has 2 heterocycles. The minimum Gasteiger partial charge on any atom is -0.343 e. The van der Waals surface area contributed by atoms with E-state index in [1.165, 1.54) is 27.4 Å². The van der Waals surface area contributed by atoms with Gasteiger partial charge in [-0.05, 0) is 62.6 Å². The van der Waals surface area contributed by atoms with Crippen LogP contribution in [0.4, 0.5) is 0 Å². The minimum atomic E-state index is -4.30. The van der Waals surface area contributed by atoms with Gasteiger partial charge < -0.3 is 15.1 Å². The van der Waals surface area contributed by atoms with Gasteiger partial charge in [-0.25, -0.2) is 8.42 Å². The summed E-state index contributed by atoms with van der Waals surface area (Å²) in [7, 11) is -4.30. The van der Waals surface area contributed by atoms with E-state index in [0.717, 1.165) is 29.3 Å². The molecule has 1 aliphatic carbocycles. The van der Waals surface area contributed by atoms with E-state index < -0.39 is 34.2 Å². The van der Waals surface area contributed by atoms with Crippen LogP contribution in [-0.4, -0.2) is 77.6 Å². The van der Waals surface area contributed by atoms with Gasteiger partial charge in [-0.15, -0.1) is 0 Å². The Bertz CT molecular complexity index is 1470. The SMILES string of the molecule is CC(C)N1CC2N(C(=O)C(NC(=O)C3CCC3)CN2S(=O)(=O)c2ccc(Cl)cc2Cl)C(Cc2ccc(Br)cc2)C1=O. The minimum absolute atomic E-state index is 0.0210. The lowest BCUT2D eigenvalue weighted by atomic mass is 9.84. The van der Waals surface area contributed by atoms with Crippen molar-refractivity contribution in [2.75, 3.05) is 13.1 Å². The normalized spacial score (nSPS) is 23.9. The molecule has 13 heteroatoms. The highest BCUT2D eigenvalue weighted by atomic mass is 79.9. The lowest BCUT2D eigenvalue weighted by Crippen LogP contribution is -2.76. The van der Waals surface area contributed by atoms with Crippen molar-refractivity contribution in [3.63, 3.8) is 0 Å². The van der Waals surface area contributed by atoms with Gasteiger partial charge in [-0.2, -0.15) is 4.31 Å². The van der Waals surface area contributed by atoms with E-state index >= 15 is 0 Å². The number of carbonyl (C=O) groups excluding carboxylic acids is 3. The number of nitrogens with zero attached hydrogens (tertiary/aromatic N) is 3. The highest BCUT2D eigenvalue weighted by molar-refractivity contribution is 9.10.